The van der Waals surface area contributed by atoms with Crippen LogP contribution >= 0.6 is 0 Å². The van der Waals surface area contributed by atoms with Crippen molar-refractivity contribution in [1.82, 2.24) is 0 Å². The van der Waals surface area contributed by atoms with Gasteiger partial charge in [-0.25, -0.2) is 0 Å². The molecule has 0 spiro atoms. The number of hydrogen-bond acceptors (Lipinski definition) is 2. The zero-order valence-corrected chi connectivity index (χ0v) is 7.62. The molecule has 92 valence electrons. The first-order chi connectivity index (χ1) is 6.71. The van der Waals surface area contributed by atoms with Crippen molar-refractivity contribution in [2.75, 3.05) is 26.4 Å². The molecule has 0 aromatic carbocycles. The van der Waals surface area contributed by atoms with Gasteiger partial charge >= 0.3 is 12.4 Å². The molecule has 0 aromatic heterocycles. The largest absolute Gasteiger partial charge is 0.411 e. The summed E-state index contributed by atoms with van der Waals surface area (Å²) in [6.45, 7) is -2.65. The Morgan fingerprint density at radius 1 is 0.667 bits per heavy atom. The maximum Gasteiger partial charge on any atom is 0.411 e. The minimum Gasteiger partial charge on any atom is -0.379 e. The van der Waals surface area contributed by atoms with Crippen LogP contribution in [0.1, 0.15) is 6.42 Å². The molecule has 0 amide bonds. The molecule has 2 nitrogen and oxygen atoms in total. The highest BCUT2D eigenvalue weighted by molar-refractivity contribution is 4.48. The van der Waals surface area contributed by atoms with E-state index >= 15 is 0 Å². The molecule has 8 heteroatoms. The van der Waals surface area contributed by atoms with Crippen LogP contribution in [0.25, 0.3) is 0 Å². The molecule has 0 aliphatic carbocycles. The molecule has 0 atom stereocenters. The van der Waals surface area contributed by atoms with Crippen molar-refractivity contribution in [2.45, 2.75) is 18.8 Å². The molecular formula is C7H10F6O2. The molecule has 0 fully saturated rings. The number of hydrogen-bond donors (Lipinski definition) is 0. The fourth-order valence-corrected chi connectivity index (χ4v) is 0.596. The lowest BCUT2D eigenvalue weighted by Crippen LogP contribution is -2.19. The first kappa shape index (κ1) is 14.5. The van der Waals surface area contributed by atoms with Gasteiger partial charge in [-0.3, -0.25) is 0 Å². The molecule has 0 aromatic rings. The smallest absolute Gasteiger partial charge is 0.379 e. The van der Waals surface area contributed by atoms with Crippen LogP contribution in [-0.2, 0) is 9.47 Å². The van der Waals surface area contributed by atoms with Crippen molar-refractivity contribution in [2.24, 2.45) is 0 Å². The van der Waals surface area contributed by atoms with Crippen molar-refractivity contribution in [1.29, 1.82) is 0 Å². The maximum atomic E-state index is 11.5. The SMILES string of the molecule is FC(F)(F)CCOCCOCC(F)(F)F. The van der Waals surface area contributed by atoms with Gasteiger partial charge < -0.3 is 9.47 Å². The first-order valence-corrected chi connectivity index (χ1v) is 4.00. The zero-order valence-electron chi connectivity index (χ0n) is 7.62. The normalized spacial score (nSPS) is 13.2. The third kappa shape index (κ3) is 13.5. The topological polar surface area (TPSA) is 18.5 Å². The summed E-state index contributed by atoms with van der Waals surface area (Å²) in [6, 6.07) is 0. The van der Waals surface area contributed by atoms with Gasteiger partial charge in [-0.05, 0) is 0 Å². The number of alkyl halides is 6. The minimum absolute atomic E-state index is 0.286. The number of ether oxygens (including phenoxy) is 2. The predicted octanol–water partition coefficient (Wildman–Crippen LogP) is 2.53. The molecule has 0 saturated carbocycles. The molecule has 0 unspecified atom stereocenters. The van der Waals surface area contributed by atoms with Gasteiger partial charge in [-0.2, -0.15) is 26.3 Å². The number of rotatable bonds is 6. The maximum absolute atomic E-state index is 11.5. The highest BCUT2D eigenvalue weighted by atomic mass is 19.4. The second kappa shape index (κ2) is 6.16. The Morgan fingerprint density at radius 3 is 1.67 bits per heavy atom. The Balaban J connectivity index is 3.20. The quantitative estimate of drug-likeness (QED) is 0.524. The van der Waals surface area contributed by atoms with E-state index < -0.39 is 32.0 Å². The zero-order chi connectivity index (χ0) is 11.9. The average Bonchev–Trinajstić information content (AvgIpc) is 1.98. The Bertz CT molecular complexity index is 146. The third-order valence-corrected chi connectivity index (χ3v) is 1.17. The third-order valence-electron chi connectivity index (χ3n) is 1.17. The van der Waals surface area contributed by atoms with Crippen LogP contribution in [0.3, 0.4) is 0 Å². The second-order valence-electron chi connectivity index (χ2n) is 2.65. The van der Waals surface area contributed by atoms with Crippen LogP contribution in [0.5, 0.6) is 0 Å². The fourth-order valence-electron chi connectivity index (χ4n) is 0.596. The monoisotopic (exact) mass is 240 g/mol. The van der Waals surface area contributed by atoms with Crippen molar-refractivity contribution in [3.63, 3.8) is 0 Å². The van der Waals surface area contributed by atoms with Gasteiger partial charge in [0.2, 0.25) is 0 Å². The Kier molecular flexibility index (Phi) is 5.96. The van der Waals surface area contributed by atoms with Crippen molar-refractivity contribution < 1.29 is 35.8 Å². The van der Waals surface area contributed by atoms with Gasteiger partial charge in [0.1, 0.15) is 6.61 Å². The minimum atomic E-state index is -4.42. The summed E-state index contributed by atoms with van der Waals surface area (Å²) in [5.74, 6) is 0. The molecule has 0 aliphatic rings. The highest BCUT2D eigenvalue weighted by Gasteiger charge is 2.27. The van der Waals surface area contributed by atoms with Gasteiger partial charge in [-0.1, -0.05) is 0 Å². The molecule has 0 bridgehead atoms. The molecule has 0 saturated heterocycles. The summed E-state index contributed by atoms with van der Waals surface area (Å²) in [5.41, 5.74) is 0. The van der Waals surface area contributed by atoms with E-state index in [1.54, 1.807) is 0 Å². The molecular weight excluding hydrogens is 230 g/mol. The van der Waals surface area contributed by atoms with Gasteiger partial charge in [0.05, 0.1) is 26.2 Å². The van der Waals surface area contributed by atoms with Crippen molar-refractivity contribution >= 4 is 0 Å². The van der Waals surface area contributed by atoms with E-state index in [-0.39, 0.29) is 13.2 Å². The lowest BCUT2D eigenvalue weighted by Gasteiger charge is -2.09. The number of halogens is 6. The summed E-state index contributed by atoms with van der Waals surface area (Å²) in [4.78, 5) is 0. The average molecular weight is 240 g/mol. The Morgan fingerprint density at radius 2 is 1.20 bits per heavy atom. The van der Waals surface area contributed by atoms with Gasteiger partial charge in [-0.15, -0.1) is 0 Å². The summed E-state index contributed by atoms with van der Waals surface area (Å²) >= 11 is 0. The van der Waals surface area contributed by atoms with Crippen LogP contribution < -0.4 is 0 Å². The van der Waals surface area contributed by atoms with E-state index in [0.29, 0.717) is 0 Å². The fraction of sp³-hybridized carbons (Fsp3) is 1.00. The van der Waals surface area contributed by atoms with Gasteiger partial charge in [0.25, 0.3) is 0 Å². The van der Waals surface area contributed by atoms with Gasteiger partial charge in [0.15, 0.2) is 0 Å². The summed E-state index contributed by atoms with van der Waals surface area (Å²) in [5, 5.41) is 0. The Hall–Kier alpha value is -0.500. The van der Waals surface area contributed by atoms with Crippen LogP contribution in [0, 0.1) is 0 Å². The first-order valence-electron chi connectivity index (χ1n) is 4.00. The van der Waals surface area contributed by atoms with Crippen molar-refractivity contribution in [3.05, 3.63) is 0 Å². The summed E-state index contributed by atoms with van der Waals surface area (Å²) < 4.78 is 77.5. The second-order valence-corrected chi connectivity index (χ2v) is 2.65. The molecule has 0 radical (unpaired) electrons. The molecule has 15 heavy (non-hydrogen) atoms. The molecule has 0 heterocycles. The summed E-state index contributed by atoms with van der Waals surface area (Å²) in [7, 11) is 0. The lowest BCUT2D eigenvalue weighted by molar-refractivity contribution is -0.177. The van der Waals surface area contributed by atoms with E-state index in [0.717, 1.165) is 0 Å². The van der Waals surface area contributed by atoms with Crippen molar-refractivity contribution in [3.8, 4) is 0 Å². The summed E-state index contributed by atoms with van der Waals surface area (Å²) in [6.07, 6.45) is -9.86. The molecule has 0 aliphatic heterocycles. The van der Waals surface area contributed by atoms with Crippen LogP contribution in [-0.4, -0.2) is 38.8 Å². The van der Waals surface area contributed by atoms with Crippen LogP contribution in [0.2, 0.25) is 0 Å². The Labute approximate surface area is 82.1 Å². The standard InChI is InChI=1S/C7H10F6O2/c8-6(9,10)1-2-14-3-4-15-5-7(11,12)13/h1-5H2. The van der Waals surface area contributed by atoms with E-state index in [2.05, 4.69) is 9.47 Å². The van der Waals surface area contributed by atoms with E-state index in [4.69, 9.17) is 0 Å². The molecule has 0 rings (SSSR count). The predicted molar refractivity (Wildman–Crippen MR) is 38.4 cm³/mol. The van der Waals surface area contributed by atoms with E-state index in [1.165, 1.54) is 0 Å². The van der Waals surface area contributed by atoms with Crippen LogP contribution in [0.4, 0.5) is 26.3 Å². The lowest BCUT2D eigenvalue weighted by atomic mass is 10.4. The highest BCUT2D eigenvalue weighted by Crippen LogP contribution is 2.18. The van der Waals surface area contributed by atoms with Crippen LogP contribution in [0.15, 0.2) is 0 Å². The van der Waals surface area contributed by atoms with E-state index in [1.807, 2.05) is 0 Å². The van der Waals surface area contributed by atoms with Gasteiger partial charge in [0, 0.05) is 0 Å². The van der Waals surface area contributed by atoms with E-state index in [9.17, 15) is 26.3 Å². The molecule has 0 N–H and O–H groups in total.